The summed E-state index contributed by atoms with van der Waals surface area (Å²) in [6.07, 6.45) is 10.5. The predicted molar refractivity (Wildman–Crippen MR) is 103 cm³/mol. The second-order valence-electron chi connectivity index (χ2n) is 7.03. The molecule has 1 aliphatic rings. The summed E-state index contributed by atoms with van der Waals surface area (Å²) in [5.41, 5.74) is 3.47. The molecule has 1 amide bonds. The Balaban J connectivity index is 1.40. The Bertz CT molecular complexity index is 1100. The average molecular weight is 373 g/mol. The second-order valence-corrected chi connectivity index (χ2v) is 7.03. The number of pyridine rings is 2. The lowest BCUT2D eigenvalue weighted by molar-refractivity contribution is 0.0704. The van der Waals surface area contributed by atoms with Crippen molar-refractivity contribution in [3.63, 3.8) is 0 Å². The van der Waals surface area contributed by atoms with E-state index < -0.39 is 0 Å². The predicted octanol–water partition coefficient (Wildman–Crippen LogP) is 3.40. The maximum absolute atomic E-state index is 12.6. The smallest absolute Gasteiger partial charge is 0.257 e. The van der Waals surface area contributed by atoms with E-state index in [1.165, 1.54) is 12.5 Å². The van der Waals surface area contributed by atoms with Gasteiger partial charge in [-0.3, -0.25) is 9.78 Å². The van der Waals surface area contributed by atoms with Crippen molar-refractivity contribution >= 4 is 11.6 Å². The summed E-state index contributed by atoms with van der Waals surface area (Å²) < 4.78 is 6.86. The third-order valence-electron chi connectivity index (χ3n) is 5.18. The molecule has 1 atom stereocenters. The van der Waals surface area contributed by atoms with Gasteiger partial charge in [-0.15, -0.1) is 0 Å². The first-order valence-corrected chi connectivity index (χ1v) is 9.36. The number of likely N-dealkylation sites (tertiary alicyclic amines) is 1. The maximum atomic E-state index is 12.6. The standard InChI is InChI=1S/C21H19N5O2/c27-21(18-7-10-28-14-18)25-9-2-4-17(12-25)20-23-19-6-5-16(13-26(19)24-20)15-3-1-8-22-11-15/h1,3,5-8,10-11,13-14,17H,2,4,9,12H2/t17-/m0/s1. The molecule has 0 radical (unpaired) electrons. The minimum atomic E-state index is 0.000998. The van der Waals surface area contributed by atoms with Gasteiger partial charge < -0.3 is 9.32 Å². The summed E-state index contributed by atoms with van der Waals surface area (Å²) in [5.74, 6) is 0.917. The van der Waals surface area contributed by atoms with Gasteiger partial charge in [-0.2, -0.15) is 5.10 Å². The first kappa shape index (κ1) is 16.7. The van der Waals surface area contributed by atoms with Gasteiger partial charge >= 0.3 is 0 Å². The zero-order valence-electron chi connectivity index (χ0n) is 15.2. The van der Waals surface area contributed by atoms with Crippen molar-refractivity contribution in [2.24, 2.45) is 0 Å². The van der Waals surface area contributed by atoms with Crippen LogP contribution in [0.5, 0.6) is 0 Å². The number of hydrogen-bond donors (Lipinski definition) is 0. The number of nitrogens with zero attached hydrogens (tertiary/aromatic N) is 5. The molecule has 5 heterocycles. The van der Waals surface area contributed by atoms with Gasteiger partial charge in [0, 0.05) is 48.7 Å². The summed E-state index contributed by atoms with van der Waals surface area (Å²) in [4.78, 5) is 23.4. The molecule has 4 aromatic rings. The number of rotatable bonds is 3. The van der Waals surface area contributed by atoms with Gasteiger partial charge in [-0.1, -0.05) is 6.07 Å². The molecule has 7 nitrogen and oxygen atoms in total. The molecule has 1 fully saturated rings. The number of piperidine rings is 1. The molecule has 4 aromatic heterocycles. The summed E-state index contributed by atoms with van der Waals surface area (Å²) in [6.45, 7) is 1.37. The molecule has 140 valence electrons. The Morgan fingerprint density at radius 1 is 1.18 bits per heavy atom. The van der Waals surface area contributed by atoms with Gasteiger partial charge in [0.2, 0.25) is 0 Å². The molecular weight excluding hydrogens is 354 g/mol. The van der Waals surface area contributed by atoms with Crippen LogP contribution in [0.15, 0.2) is 65.9 Å². The van der Waals surface area contributed by atoms with Crippen molar-refractivity contribution in [2.75, 3.05) is 13.1 Å². The van der Waals surface area contributed by atoms with Gasteiger partial charge in [0.25, 0.3) is 5.91 Å². The number of fused-ring (bicyclic) bond motifs is 1. The molecule has 0 aliphatic carbocycles. The largest absolute Gasteiger partial charge is 0.472 e. The van der Waals surface area contributed by atoms with E-state index in [-0.39, 0.29) is 11.8 Å². The molecule has 0 saturated carbocycles. The minimum Gasteiger partial charge on any atom is -0.472 e. The van der Waals surface area contributed by atoms with E-state index in [4.69, 9.17) is 14.5 Å². The van der Waals surface area contributed by atoms with E-state index in [0.717, 1.165) is 42.0 Å². The van der Waals surface area contributed by atoms with E-state index in [9.17, 15) is 4.79 Å². The molecule has 5 rings (SSSR count). The van der Waals surface area contributed by atoms with Crippen LogP contribution in [0.4, 0.5) is 0 Å². The molecule has 1 aliphatic heterocycles. The van der Waals surface area contributed by atoms with Crippen LogP contribution in [0.1, 0.15) is 34.9 Å². The second kappa shape index (κ2) is 6.92. The van der Waals surface area contributed by atoms with Crippen LogP contribution in [0.2, 0.25) is 0 Å². The van der Waals surface area contributed by atoms with Crippen LogP contribution in [0.3, 0.4) is 0 Å². The van der Waals surface area contributed by atoms with Gasteiger partial charge in [0.1, 0.15) is 6.26 Å². The number of carbonyl (C=O) groups excluding carboxylic acids is 1. The van der Waals surface area contributed by atoms with E-state index in [1.54, 1.807) is 12.3 Å². The highest BCUT2D eigenvalue weighted by molar-refractivity contribution is 5.93. The monoisotopic (exact) mass is 373 g/mol. The van der Waals surface area contributed by atoms with Gasteiger partial charge in [0.05, 0.1) is 11.8 Å². The van der Waals surface area contributed by atoms with Crippen LogP contribution in [-0.2, 0) is 0 Å². The molecular formula is C21H19N5O2. The van der Waals surface area contributed by atoms with Gasteiger partial charge in [0.15, 0.2) is 11.5 Å². The summed E-state index contributed by atoms with van der Waals surface area (Å²) in [6, 6.07) is 9.64. The highest BCUT2D eigenvalue weighted by Gasteiger charge is 2.28. The Morgan fingerprint density at radius 3 is 2.96 bits per heavy atom. The SMILES string of the molecule is O=C(c1ccoc1)N1CCC[C@H](c2nc3ccc(-c4cccnc4)cn3n2)C1. The summed E-state index contributed by atoms with van der Waals surface area (Å²) >= 11 is 0. The lowest BCUT2D eigenvalue weighted by atomic mass is 9.97. The number of amides is 1. The number of aromatic nitrogens is 4. The number of hydrogen-bond acceptors (Lipinski definition) is 5. The third kappa shape index (κ3) is 3.05. The number of furan rings is 1. The topological polar surface area (TPSA) is 76.5 Å². The fourth-order valence-electron chi connectivity index (χ4n) is 3.72. The van der Waals surface area contributed by atoms with E-state index >= 15 is 0 Å². The van der Waals surface area contributed by atoms with Crippen molar-refractivity contribution < 1.29 is 9.21 Å². The van der Waals surface area contributed by atoms with Crippen LogP contribution in [0.25, 0.3) is 16.8 Å². The molecule has 1 saturated heterocycles. The van der Waals surface area contributed by atoms with E-state index in [0.29, 0.717) is 12.1 Å². The van der Waals surface area contributed by atoms with Crippen molar-refractivity contribution in [3.05, 3.63) is 72.8 Å². The average Bonchev–Trinajstić information content (AvgIpc) is 3.43. The normalized spacial score (nSPS) is 17.1. The Morgan fingerprint density at radius 2 is 2.14 bits per heavy atom. The summed E-state index contributed by atoms with van der Waals surface area (Å²) in [7, 11) is 0. The van der Waals surface area contributed by atoms with E-state index in [1.807, 2.05) is 46.1 Å². The maximum Gasteiger partial charge on any atom is 0.257 e. The fraction of sp³-hybridized carbons (Fsp3) is 0.238. The Hall–Kier alpha value is -3.48. The van der Waals surface area contributed by atoms with Crippen molar-refractivity contribution in [1.29, 1.82) is 0 Å². The van der Waals surface area contributed by atoms with Gasteiger partial charge in [-0.25, -0.2) is 9.50 Å². The molecule has 0 N–H and O–H groups in total. The zero-order valence-corrected chi connectivity index (χ0v) is 15.2. The molecule has 0 unspecified atom stereocenters. The fourth-order valence-corrected chi connectivity index (χ4v) is 3.72. The van der Waals surface area contributed by atoms with Crippen molar-refractivity contribution in [2.45, 2.75) is 18.8 Å². The molecule has 0 aromatic carbocycles. The molecule has 28 heavy (non-hydrogen) atoms. The Kier molecular flexibility index (Phi) is 4.12. The molecule has 0 bridgehead atoms. The molecule has 7 heteroatoms. The van der Waals surface area contributed by atoms with Crippen LogP contribution in [0, 0.1) is 0 Å². The highest BCUT2D eigenvalue weighted by atomic mass is 16.3. The van der Waals surface area contributed by atoms with Crippen molar-refractivity contribution in [3.8, 4) is 11.1 Å². The van der Waals surface area contributed by atoms with E-state index in [2.05, 4.69) is 4.98 Å². The minimum absolute atomic E-state index is 0.000998. The van der Waals surface area contributed by atoms with Gasteiger partial charge in [-0.05, 0) is 37.1 Å². The first-order chi connectivity index (χ1) is 13.8. The zero-order chi connectivity index (χ0) is 18.9. The summed E-state index contributed by atoms with van der Waals surface area (Å²) in [5, 5.41) is 4.71. The number of carbonyl (C=O) groups is 1. The van der Waals surface area contributed by atoms with Crippen LogP contribution in [-0.4, -0.2) is 43.5 Å². The third-order valence-corrected chi connectivity index (χ3v) is 5.18. The van der Waals surface area contributed by atoms with Crippen molar-refractivity contribution in [1.82, 2.24) is 24.5 Å². The lowest BCUT2D eigenvalue weighted by Crippen LogP contribution is -2.39. The highest BCUT2D eigenvalue weighted by Crippen LogP contribution is 2.27. The van der Waals surface area contributed by atoms with Crippen LogP contribution >= 0.6 is 0 Å². The molecule has 0 spiro atoms. The first-order valence-electron chi connectivity index (χ1n) is 9.36. The van der Waals surface area contributed by atoms with Crippen LogP contribution < -0.4 is 0 Å². The lowest BCUT2D eigenvalue weighted by Gasteiger charge is -2.31. The quantitative estimate of drug-likeness (QED) is 0.550. The Labute approximate surface area is 161 Å².